The Morgan fingerprint density at radius 2 is 2.00 bits per heavy atom. The van der Waals surface area contributed by atoms with E-state index in [-0.39, 0.29) is 0 Å². The van der Waals surface area contributed by atoms with E-state index >= 15 is 0 Å². The third-order valence-electron chi connectivity index (χ3n) is 4.79. The van der Waals surface area contributed by atoms with Gasteiger partial charge in [0.1, 0.15) is 5.65 Å². The van der Waals surface area contributed by atoms with Gasteiger partial charge in [0.05, 0.1) is 11.7 Å². The molecule has 1 aliphatic heterocycles. The molecule has 1 fully saturated rings. The van der Waals surface area contributed by atoms with Crippen molar-refractivity contribution in [3.8, 4) is 11.1 Å². The summed E-state index contributed by atoms with van der Waals surface area (Å²) in [5.74, 6) is 0.687. The predicted octanol–water partition coefficient (Wildman–Crippen LogP) is 2.21. The normalized spacial score (nSPS) is 15.8. The summed E-state index contributed by atoms with van der Waals surface area (Å²) in [6.07, 6.45) is 11.9. The number of rotatable bonds is 3. The monoisotopic (exact) mass is 333 g/mol. The van der Waals surface area contributed by atoms with E-state index in [1.807, 2.05) is 33.6 Å². The maximum absolute atomic E-state index is 4.62. The van der Waals surface area contributed by atoms with Gasteiger partial charge in [0.25, 0.3) is 0 Å². The zero-order chi connectivity index (χ0) is 16.6. The Hall–Kier alpha value is -2.93. The summed E-state index contributed by atoms with van der Waals surface area (Å²) in [6.45, 7) is 2.09. The molecule has 0 radical (unpaired) electrons. The summed E-state index contributed by atoms with van der Waals surface area (Å²) in [6, 6.07) is 6.62. The van der Waals surface area contributed by atoms with Gasteiger partial charge < -0.3 is 15.0 Å². The SMILES string of the molecule is c1cn2cc(-c3ccn4nc(NC5CCNCC5)ncc34)ccc2n1. The fraction of sp³-hybridized carbons (Fsp3) is 0.278. The Bertz CT molecular complexity index is 1030. The number of imidazole rings is 1. The largest absolute Gasteiger partial charge is 0.350 e. The van der Waals surface area contributed by atoms with Crippen molar-refractivity contribution in [2.24, 2.45) is 0 Å². The molecule has 7 heteroatoms. The van der Waals surface area contributed by atoms with Gasteiger partial charge in [0, 0.05) is 42.0 Å². The number of piperidine rings is 1. The van der Waals surface area contributed by atoms with E-state index in [2.05, 4.69) is 44.0 Å². The molecule has 0 aliphatic carbocycles. The molecule has 0 spiro atoms. The summed E-state index contributed by atoms with van der Waals surface area (Å²) in [4.78, 5) is 8.82. The van der Waals surface area contributed by atoms with Crippen LogP contribution in [0.25, 0.3) is 22.3 Å². The number of hydrogen-bond donors (Lipinski definition) is 2. The van der Waals surface area contributed by atoms with Crippen molar-refractivity contribution < 1.29 is 0 Å². The van der Waals surface area contributed by atoms with Crippen LogP contribution in [0.2, 0.25) is 0 Å². The molecule has 7 nitrogen and oxygen atoms in total. The topological polar surface area (TPSA) is 71.6 Å². The van der Waals surface area contributed by atoms with Crippen molar-refractivity contribution in [3.05, 3.63) is 49.2 Å². The van der Waals surface area contributed by atoms with E-state index < -0.39 is 0 Å². The molecular weight excluding hydrogens is 314 g/mol. The first-order chi connectivity index (χ1) is 12.4. The summed E-state index contributed by atoms with van der Waals surface area (Å²) in [7, 11) is 0. The fourth-order valence-electron chi connectivity index (χ4n) is 3.44. The van der Waals surface area contributed by atoms with Gasteiger partial charge in [-0.15, -0.1) is 5.10 Å². The van der Waals surface area contributed by atoms with Crippen molar-refractivity contribution in [1.29, 1.82) is 0 Å². The van der Waals surface area contributed by atoms with Crippen LogP contribution in [0.3, 0.4) is 0 Å². The first kappa shape index (κ1) is 14.4. The molecule has 5 rings (SSSR count). The van der Waals surface area contributed by atoms with Crippen LogP contribution in [-0.4, -0.2) is 43.1 Å². The third kappa shape index (κ3) is 2.62. The van der Waals surface area contributed by atoms with Crippen molar-refractivity contribution >= 4 is 17.1 Å². The fourth-order valence-corrected chi connectivity index (χ4v) is 3.44. The van der Waals surface area contributed by atoms with Crippen LogP contribution in [0.5, 0.6) is 0 Å². The van der Waals surface area contributed by atoms with Crippen LogP contribution >= 0.6 is 0 Å². The van der Waals surface area contributed by atoms with Crippen molar-refractivity contribution in [2.45, 2.75) is 18.9 Å². The van der Waals surface area contributed by atoms with Gasteiger partial charge in [-0.2, -0.15) is 0 Å². The lowest BCUT2D eigenvalue weighted by atomic mass is 10.1. The minimum Gasteiger partial charge on any atom is -0.350 e. The lowest BCUT2D eigenvalue weighted by Gasteiger charge is -2.23. The summed E-state index contributed by atoms with van der Waals surface area (Å²) < 4.78 is 3.91. The smallest absolute Gasteiger partial charge is 0.241 e. The number of fused-ring (bicyclic) bond motifs is 2. The van der Waals surface area contributed by atoms with Gasteiger partial charge in [0.2, 0.25) is 5.95 Å². The van der Waals surface area contributed by atoms with Gasteiger partial charge in [-0.25, -0.2) is 14.5 Å². The van der Waals surface area contributed by atoms with Gasteiger partial charge >= 0.3 is 0 Å². The highest BCUT2D eigenvalue weighted by Gasteiger charge is 2.14. The minimum absolute atomic E-state index is 0.442. The first-order valence-electron chi connectivity index (χ1n) is 8.61. The maximum atomic E-state index is 4.62. The molecule has 126 valence electrons. The van der Waals surface area contributed by atoms with E-state index in [0.29, 0.717) is 12.0 Å². The van der Waals surface area contributed by atoms with E-state index in [4.69, 9.17) is 0 Å². The third-order valence-corrected chi connectivity index (χ3v) is 4.79. The molecule has 4 aromatic rings. The standard InChI is InChI=1S/C18H19N7/c1-2-17-20-8-10-24(17)12-13(1)15-5-9-25-16(15)11-21-18(23-25)22-14-3-6-19-7-4-14/h1-2,5,8-12,14,19H,3-4,6-7H2,(H,22,23). The van der Waals surface area contributed by atoms with Crippen LogP contribution in [0.4, 0.5) is 5.95 Å². The number of anilines is 1. The lowest BCUT2D eigenvalue weighted by molar-refractivity contribution is 0.476. The Kier molecular flexibility index (Phi) is 3.38. The van der Waals surface area contributed by atoms with E-state index in [9.17, 15) is 0 Å². The summed E-state index contributed by atoms with van der Waals surface area (Å²) >= 11 is 0. The molecular formula is C18H19N7. The van der Waals surface area contributed by atoms with Crippen LogP contribution in [0.1, 0.15) is 12.8 Å². The summed E-state index contributed by atoms with van der Waals surface area (Å²) in [5, 5.41) is 11.4. The molecule has 0 amide bonds. The van der Waals surface area contributed by atoms with Gasteiger partial charge in [0.15, 0.2) is 0 Å². The highest BCUT2D eigenvalue weighted by Crippen LogP contribution is 2.25. The molecule has 1 saturated heterocycles. The highest BCUT2D eigenvalue weighted by atomic mass is 15.3. The Labute approximate surface area is 144 Å². The Balaban J connectivity index is 1.48. The molecule has 4 aromatic heterocycles. The average molecular weight is 333 g/mol. The van der Waals surface area contributed by atoms with Gasteiger partial charge in [-0.3, -0.25) is 0 Å². The number of hydrogen-bond acceptors (Lipinski definition) is 5. The first-order valence-corrected chi connectivity index (χ1v) is 8.61. The molecule has 0 atom stereocenters. The van der Waals surface area contributed by atoms with Crippen LogP contribution in [-0.2, 0) is 0 Å². The van der Waals surface area contributed by atoms with E-state index in [0.717, 1.165) is 48.2 Å². The highest BCUT2D eigenvalue weighted by molar-refractivity contribution is 5.80. The van der Waals surface area contributed by atoms with Crippen LogP contribution in [0, 0.1) is 0 Å². The molecule has 0 aromatic carbocycles. The summed E-state index contributed by atoms with van der Waals surface area (Å²) in [5.41, 5.74) is 4.17. The van der Waals surface area contributed by atoms with Gasteiger partial charge in [-0.1, -0.05) is 0 Å². The molecule has 0 unspecified atom stereocenters. The quantitative estimate of drug-likeness (QED) is 0.601. The number of aromatic nitrogens is 5. The average Bonchev–Trinajstić information content (AvgIpc) is 3.28. The van der Waals surface area contributed by atoms with Crippen molar-refractivity contribution in [3.63, 3.8) is 0 Å². The maximum Gasteiger partial charge on any atom is 0.241 e. The second-order valence-corrected chi connectivity index (χ2v) is 6.42. The van der Waals surface area contributed by atoms with Crippen molar-refractivity contribution in [2.75, 3.05) is 18.4 Å². The van der Waals surface area contributed by atoms with E-state index in [1.54, 1.807) is 6.20 Å². The number of nitrogens with zero attached hydrogens (tertiary/aromatic N) is 5. The second kappa shape index (κ2) is 5.86. The zero-order valence-corrected chi connectivity index (χ0v) is 13.8. The second-order valence-electron chi connectivity index (χ2n) is 6.42. The van der Waals surface area contributed by atoms with E-state index in [1.165, 1.54) is 0 Å². The molecule has 5 heterocycles. The Morgan fingerprint density at radius 3 is 2.92 bits per heavy atom. The molecule has 1 aliphatic rings. The zero-order valence-electron chi connectivity index (χ0n) is 13.8. The van der Waals surface area contributed by atoms with Crippen molar-refractivity contribution in [1.82, 2.24) is 29.3 Å². The predicted molar refractivity (Wildman–Crippen MR) is 96.7 cm³/mol. The molecule has 0 saturated carbocycles. The number of nitrogens with one attached hydrogen (secondary N) is 2. The van der Waals surface area contributed by atoms with Crippen LogP contribution in [0.15, 0.2) is 49.2 Å². The van der Waals surface area contributed by atoms with Gasteiger partial charge in [-0.05, 0) is 44.1 Å². The number of pyridine rings is 1. The van der Waals surface area contributed by atoms with Crippen LogP contribution < -0.4 is 10.6 Å². The molecule has 0 bridgehead atoms. The minimum atomic E-state index is 0.442. The molecule has 2 N–H and O–H groups in total. The Morgan fingerprint density at radius 1 is 1.08 bits per heavy atom. The lowest BCUT2D eigenvalue weighted by Crippen LogP contribution is -2.35. The molecule has 25 heavy (non-hydrogen) atoms.